The Hall–Kier alpha value is -1.90. The molecule has 1 aliphatic heterocycles. The SMILES string of the molecule is C=CC[C@@]1(O)C[C@@H](c2ccc(C)cc2)N[C@@H](c2ccc(C)cc2)[C@@H]1C. The summed E-state index contributed by atoms with van der Waals surface area (Å²) in [5.74, 6) is 0.106. The van der Waals surface area contributed by atoms with E-state index in [-0.39, 0.29) is 18.0 Å². The molecule has 25 heavy (non-hydrogen) atoms. The zero-order valence-corrected chi connectivity index (χ0v) is 15.5. The Morgan fingerprint density at radius 2 is 1.56 bits per heavy atom. The van der Waals surface area contributed by atoms with Crippen LogP contribution in [0.4, 0.5) is 0 Å². The van der Waals surface area contributed by atoms with Crippen LogP contribution in [0.1, 0.15) is 54.1 Å². The predicted molar refractivity (Wildman–Crippen MR) is 105 cm³/mol. The summed E-state index contributed by atoms with van der Waals surface area (Å²) >= 11 is 0. The van der Waals surface area contributed by atoms with Gasteiger partial charge in [-0.25, -0.2) is 0 Å². The lowest BCUT2D eigenvalue weighted by Crippen LogP contribution is -2.51. The molecule has 0 aromatic heterocycles. The number of aliphatic hydroxyl groups is 1. The molecule has 2 heteroatoms. The molecule has 0 amide bonds. The van der Waals surface area contributed by atoms with Gasteiger partial charge in [0.05, 0.1) is 5.60 Å². The minimum Gasteiger partial charge on any atom is -0.389 e. The number of benzene rings is 2. The lowest BCUT2D eigenvalue weighted by atomic mass is 9.70. The highest BCUT2D eigenvalue weighted by Crippen LogP contribution is 2.44. The van der Waals surface area contributed by atoms with Gasteiger partial charge in [-0.3, -0.25) is 0 Å². The summed E-state index contributed by atoms with van der Waals surface area (Å²) in [6, 6.07) is 17.5. The maximum Gasteiger partial charge on any atom is 0.0743 e. The minimum absolute atomic E-state index is 0.106. The van der Waals surface area contributed by atoms with Crippen molar-refractivity contribution in [2.45, 2.75) is 51.3 Å². The Kier molecular flexibility index (Phi) is 5.12. The predicted octanol–water partition coefficient (Wildman–Crippen LogP) is 5.02. The van der Waals surface area contributed by atoms with Gasteiger partial charge in [0.25, 0.3) is 0 Å². The average Bonchev–Trinajstić information content (AvgIpc) is 2.59. The first kappa shape index (κ1) is 17.9. The average molecular weight is 335 g/mol. The maximum absolute atomic E-state index is 11.4. The van der Waals surface area contributed by atoms with E-state index in [4.69, 9.17) is 0 Å². The summed E-state index contributed by atoms with van der Waals surface area (Å²) in [6.07, 6.45) is 3.16. The zero-order chi connectivity index (χ0) is 18.0. The van der Waals surface area contributed by atoms with Crippen LogP contribution in [0.25, 0.3) is 0 Å². The van der Waals surface area contributed by atoms with Crippen molar-refractivity contribution < 1.29 is 5.11 Å². The van der Waals surface area contributed by atoms with E-state index in [1.54, 1.807) is 0 Å². The molecule has 0 unspecified atom stereocenters. The third kappa shape index (κ3) is 3.70. The zero-order valence-electron chi connectivity index (χ0n) is 15.5. The maximum atomic E-state index is 11.4. The number of nitrogens with one attached hydrogen (secondary N) is 1. The van der Waals surface area contributed by atoms with Gasteiger partial charge in [-0.05, 0) is 37.8 Å². The van der Waals surface area contributed by atoms with E-state index >= 15 is 0 Å². The molecule has 2 aromatic rings. The molecular formula is C23H29NO. The molecule has 0 saturated carbocycles. The van der Waals surface area contributed by atoms with Crippen LogP contribution in [-0.2, 0) is 0 Å². The second kappa shape index (κ2) is 7.15. The first-order chi connectivity index (χ1) is 11.9. The summed E-state index contributed by atoms with van der Waals surface area (Å²) in [4.78, 5) is 0. The summed E-state index contributed by atoms with van der Waals surface area (Å²) < 4.78 is 0. The van der Waals surface area contributed by atoms with Crippen LogP contribution in [0.3, 0.4) is 0 Å². The number of hydrogen-bond donors (Lipinski definition) is 2. The highest BCUT2D eigenvalue weighted by Gasteiger charge is 2.45. The van der Waals surface area contributed by atoms with Crippen molar-refractivity contribution in [3.8, 4) is 0 Å². The van der Waals surface area contributed by atoms with E-state index < -0.39 is 5.60 Å². The lowest BCUT2D eigenvalue weighted by Gasteiger charge is -2.47. The van der Waals surface area contributed by atoms with Crippen LogP contribution >= 0.6 is 0 Å². The Morgan fingerprint density at radius 1 is 1.04 bits per heavy atom. The summed E-state index contributed by atoms with van der Waals surface area (Å²) in [5, 5.41) is 15.2. The standard InChI is InChI=1S/C23H29NO/c1-5-14-23(25)15-21(19-10-6-16(2)7-11-19)24-22(18(23)4)20-12-8-17(3)9-13-20/h5-13,18,21-22,24-25H,1,14-15H2,2-4H3/t18-,21-,22+,23+/m0/s1. The molecule has 3 rings (SSSR count). The van der Waals surface area contributed by atoms with Gasteiger partial charge < -0.3 is 10.4 Å². The highest BCUT2D eigenvalue weighted by atomic mass is 16.3. The van der Waals surface area contributed by atoms with E-state index in [0.29, 0.717) is 12.8 Å². The third-order valence-electron chi connectivity index (χ3n) is 5.70. The summed E-state index contributed by atoms with van der Waals surface area (Å²) in [7, 11) is 0. The molecule has 2 N–H and O–H groups in total. The first-order valence-corrected chi connectivity index (χ1v) is 9.15. The van der Waals surface area contributed by atoms with Crippen molar-refractivity contribution in [1.82, 2.24) is 5.32 Å². The van der Waals surface area contributed by atoms with Crippen molar-refractivity contribution in [1.29, 1.82) is 0 Å². The molecule has 2 aromatic carbocycles. The quantitative estimate of drug-likeness (QED) is 0.769. The molecule has 0 bridgehead atoms. The van der Waals surface area contributed by atoms with Crippen LogP contribution in [0.15, 0.2) is 61.2 Å². The fourth-order valence-corrected chi connectivity index (χ4v) is 3.96. The molecule has 4 atom stereocenters. The van der Waals surface area contributed by atoms with Crippen LogP contribution < -0.4 is 5.32 Å². The van der Waals surface area contributed by atoms with E-state index in [2.05, 4.69) is 81.2 Å². The fourth-order valence-electron chi connectivity index (χ4n) is 3.96. The highest BCUT2D eigenvalue weighted by molar-refractivity contribution is 5.30. The van der Waals surface area contributed by atoms with Crippen molar-refractivity contribution in [2.75, 3.05) is 0 Å². The topological polar surface area (TPSA) is 32.3 Å². The Bertz CT molecular complexity index is 719. The minimum atomic E-state index is -0.752. The molecule has 1 fully saturated rings. The molecule has 1 saturated heterocycles. The second-order valence-corrected chi connectivity index (χ2v) is 7.61. The van der Waals surface area contributed by atoms with Gasteiger partial charge >= 0.3 is 0 Å². The van der Waals surface area contributed by atoms with Gasteiger partial charge in [-0.15, -0.1) is 6.58 Å². The molecule has 0 aliphatic carbocycles. The second-order valence-electron chi connectivity index (χ2n) is 7.61. The largest absolute Gasteiger partial charge is 0.389 e. The third-order valence-corrected chi connectivity index (χ3v) is 5.70. The Labute approximate surface area is 151 Å². The first-order valence-electron chi connectivity index (χ1n) is 9.15. The van der Waals surface area contributed by atoms with Crippen LogP contribution in [0.2, 0.25) is 0 Å². The van der Waals surface area contributed by atoms with E-state index in [1.807, 2.05) is 6.08 Å². The molecule has 1 aliphatic rings. The monoisotopic (exact) mass is 335 g/mol. The van der Waals surface area contributed by atoms with Gasteiger partial charge in [0.2, 0.25) is 0 Å². The van der Waals surface area contributed by atoms with Crippen molar-refractivity contribution >= 4 is 0 Å². The van der Waals surface area contributed by atoms with Gasteiger partial charge in [0.1, 0.15) is 0 Å². The van der Waals surface area contributed by atoms with Crippen LogP contribution in [0, 0.1) is 19.8 Å². The number of aryl methyl sites for hydroxylation is 2. The van der Waals surface area contributed by atoms with Gasteiger partial charge in [-0.2, -0.15) is 0 Å². The van der Waals surface area contributed by atoms with E-state index in [1.165, 1.54) is 22.3 Å². The molecule has 132 valence electrons. The summed E-state index contributed by atoms with van der Waals surface area (Å²) in [6.45, 7) is 10.2. The van der Waals surface area contributed by atoms with Gasteiger partial charge in [0.15, 0.2) is 0 Å². The van der Waals surface area contributed by atoms with E-state index in [0.717, 1.165) is 0 Å². The molecule has 2 nitrogen and oxygen atoms in total. The smallest absolute Gasteiger partial charge is 0.0743 e. The normalized spacial score (nSPS) is 29.4. The molecule has 0 radical (unpaired) electrons. The Morgan fingerprint density at radius 3 is 2.08 bits per heavy atom. The van der Waals surface area contributed by atoms with E-state index in [9.17, 15) is 5.11 Å². The molecular weight excluding hydrogens is 306 g/mol. The van der Waals surface area contributed by atoms with Gasteiger partial charge in [0, 0.05) is 18.0 Å². The number of rotatable bonds is 4. The summed E-state index contributed by atoms with van der Waals surface area (Å²) in [5.41, 5.74) is 4.22. The van der Waals surface area contributed by atoms with Crippen molar-refractivity contribution in [3.05, 3.63) is 83.4 Å². The number of piperidine rings is 1. The van der Waals surface area contributed by atoms with Crippen LogP contribution in [0.5, 0.6) is 0 Å². The van der Waals surface area contributed by atoms with Crippen molar-refractivity contribution in [2.24, 2.45) is 5.92 Å². The van der Waals surface area contributed by atoms with Crippen LogP contribution in [-0.4, -0.2) is 10.7 Å². The Balaban J connectivity index is 1.97. The molecule has 1 heterocycles. The molecule has 0 spiro atoms. The fraction of sp³-hybridized carbons (Fsp3) is 0.391. The van der Waals surface area contributed by atoms with Crippen molar-refractivity contribution in [3.63, 3.8) is 0 Å². The van der Waals surface area contributed by atoms with Gasteiger partial charge in [-0.1, -0.05) is 72.7 Å². The number of hydrogen-bond acceptors (Lipinski definition) is 2. The lowest BCUT2D eigenvalue weighted by molar-refractivity contribution is -0.0654.